The number of fused-ring (bicyclic) bond motifs is 1. The van der Waals surface area contributed by atoms with E-state index in [4.69, 9.17) is 11.6 Å². The zero-order valence-corrected chi connectivity index (χ0v) is 18.9. The van der Waals surface area contributed by atoms with Gasteiger partial charge in [-0.15, -0.1) is 11.3 Å². The van der Waals surface area contributed by atoms with Crippen LogP contribution in [0.1, 0.15) is 15.2 Å². The first-order chi connectivity index (χ1) is 15.5. The van der Waals surface area contributed by atoms with Crippen molar-refractivity contribution in [2.45, 2.75) is 11.1 Å². The molecule has 4 aromatic rings. The summed E-state index contributed by atoms with van der Waals surface area (Å²) in [5.41, 5.74) is -0.141. The number of carbonyl (C=O) groups is 1. The predicted octanol–water partition coefficient (Wildman–Crippen LogP) is 6.63. The van der Waals surface area contributed by atoms with E-state index in [1.165, 1.54) is 48.5 Å². The van der Waals surface area contributed by atoms with Crippen LogP contribution in [-0.4, -0.2) is 14.3 Å². The molecule has 0 bridgehead atoms. The molecule has 3 aromatic carbocycles. The van der Waals surface area contributed by atoms with E-state index in [9.17, 15) is 26.4 Å². The summed E-state index contributed by atoms with van der Waals surface area (Å²) in [5.74, 6) is -0.492. The highest BCUT2D eigenvalue weighted by Gasteiger charge is 2.30. The Kier molecular flexibility index (Phi) is 6.08. The quantitative estimate of drug-likeness (QED) is 0.316. The summed E-state index contributed by atoms with van der Waals surface area (Å²) < 4.78 is 66.7. The molecular weight excluding hydrogens is 497 g/mol. The van der Waals surface area contributed by atoms with E-state index in [1.807, 2.05) is 0 Å². The van der Waals surface area contributed by atoms with Gasteiger partial charge in [-0.25, -0.2) is 8.42 Å². The Morgan fingerprint density at radius 3 is 2.24 bits per heavy atom. The zero-order chi connectivity index (χ0) is 23.8. The lowest BCUT2D eigenvalue weighted by molar-refractivity contribution is -0.137. The lowest BCUT2D eigenvalue weighted by Gasteiger charge is -2.10. The fourth-order valence-corrected chi connectivity index (χ4v) is 5.54. The van der Waals surface area contributed by atoms with Gasteiger partial charge < -0.3 is 5.32 Å². The first-order valence-corrected chi connectivity index (χ1v) is 12.0. The van der Waals surface area contributed by atoms with Crippen LogP contribution in [0, 0.1) is 0 Å². The largest absolute Gasteiger partial charge is 0.416 e. The minimum absolute atomic E-state index is 0.0671. The summed E-state index contributed by atoms with van der Waals surface area (Å²) in [7, 11) is -3.90. The number of thiophene rings is 1. The maximum Gasteiger partial charge on any atom is 0.416 e. The SMILES string of the molecule is O=C(Nc1ccc(NS(=O)(=O)c2ccccc2Cl)cc1)c1cc2cc(C(F)(F)F)ccc2s1. The molecule has 0 unspecified atom stereocenters. The number of hydrogen-bond donors (Lipinski definition) is 2. The average Bonchev–Trinajstić information content (AvgIpc) is 3.18. The molecule has 5 nitrogen and oxygen atoms in total. The topological polar surface area (TPSA) is 75.3 Å². The molecule has 1 aromatic heterocycles. The second-order valence-corrected chi connectivity index (χ2v) is 10.1. The Morgan fingerprint density at radius 2 is 1.58 bits per heavy atom. The van der Waals surface area contributed by atoms with Crippen molar-refractivity contribution < 1.29 is 26.4 Å². The Labute approximate surface area is 195 Å². The molecule has 4 rings (SSSR count). The number of amides is 1. The van der Waals surface area contributed by atoms with Gasteiger partial charge in [-0.3, -0.25) is 9.52 Å². The van der Waals surface area contributed by atoms with Crippen LogP contribution in [0.2, 0.25) is 5.02 Å². The van der Waals surface area contributed by atoms with Gasteiger partial charge in [0.25, 0.3) is 15.9 Å². The summed E-state index contributed by atoms with van der Waals surface area (Å²) >= 11 is 7.02. The predicted molar refractivity (Wildman–Crippen MR) is 123 cm³/mol. The highest BCUT2D eigenvalue weighted by atomic mass is 35.5. The van der Waals surface area contributed by atoms with Crippen molar-refractivity contribution in [2.24, 2.45) is 0 Å². The molecule has 170 valence electrons. The van der Waals surface area contributed by atoms with Crippen LogP contribution < -0.4 is 10.0 Å². The van der Waals surface area contributed by atoms with Crippen molar-refractivity contribution >= 4 is 60.3 Å². The monoisotopic (exact) mass is 510 g/mol. The summed E-state index contributed by atoms with van der Waals surface area (Å²) in [5, 5.41) is 3.05. The van der Waals surface area contributed by atoms with Crippen molar-refractivity contribution in [2.75, 3.05) is 10.0 Å². The lowest BCUT2D eigenvalue weighted by Crippen LogP contribution is -2.14. The number of nitrogens with one attached hydrogen (secondary N) is 2. The number of carbonyl (C=O) groups excluding carboxylic acids is 1. The molecule has 33 heavy (non-hydrogen) atoms. The van der Waals surface area contributed by atoms with E-state index >= 15 is 0 Å². The molecule has 2 N–H and O–H groups in total. The van der Waals surface area contributed by atoms with E-state index in [0.29, 0.717) is 15.8 Å². The van der Waals surface area contributed by atoms with Crippen molar-refractivity contribution in [1.29, 1.82) is 0 Å². The lowest BCUT2D eigenvalue weighted by atomic mass is 10.1. The van der Waals surface area contributed by atoms with E-state index in [1.54, 1.807) is 12.1 Å². The minimum atomic E-state index is -4.46. The van der Waals surface area contributed by atoms with Crippen molar-refractivity contribution in [3.05, 3.63) is 88.3 Å². The number of sulfonamides is 1. The number of rotatable bonds is 5. The Bertz CT molecular complexity index is 1450. The van der Waals surface area contributed by atoms with Gasteiger partial charge in [-0.1, -0.05) is 23.7 Å². The molecule has 0 spiro atoms. The number of benzene rings is 3. The van der Waals surface area contributed by atoms with Gasteiger partial charge in [0, 0.05) is 16.1 Å². The van der Waals surface area contributed by atoms with Crippen LogP contribution in [0.4, 0.5) is 24.5 Å². The highest BCUT2D eigenvalue weighted by molar-refractivity contribution is 7.92. The van der Waals surface area contributed by atoms with Crippen LogP contribution in [0.3, 0.4) is 0 Å². The molecule has 1 heterocycles. The molecular formula is C22H14ClF3N2O3S2. The Morgan fingerprint density at radius 1 is 0.909 bits per heavy atom. The van der Waals surface area contributed by atoms with Gasteiger partial charge in [0.1, 0.15) is 4.90 Å². The zero-order valence-electron chi connectivity index (χ0n) is 16.5. The number of halogens is 4. The van der Waals surface area contributed by atoms with Gasteiger partial charge in [-0.05, 0) is 66.0 Å². The summed E-state index contributed by atoms with van der Waals surface area (Å²) in [6.07, 6.45) is -4.46. The first-order valence-electron chi connectivity index (χ1n) is 9.32. The average molecular weight is 511 g/mol. The molecule has 11 heteroatoms. The molecule has 1 amide bonds. The van der Waals surface area contributed by atoms with Crippen molar-refractivity contribution in [3.63, 3.8) is 0 Å². The third-order valence-corrected chi connectivity index (χ3v) is 7.58. The highest BCUT2D eigenvalue weighted by Crippen LogP contribution is 2.34. The van der Waals surface area contributed by atoms with Crippen LogP contribution >= 0.6 is 22.9 Å². The van der Waals surface area contributed by atoms with E-state index in [0.717, 1.165) is 23.5 Å². The van der Waals surface area contributed by atoms with Crippen LogP contribution in [0.5, 0.6) is 0 Å². The minimum Gasteiger partial charge on any atom is -0.321 e. The van der Waals surface area contributed by atoms with Gasteiger partial charge >= 0.3 is 6.18 Å². The standard InChI is InChI=1S/C22H14ClF3N2O3S2/c23-17-3-1-2-4-20(17)33(30,31)28-16-8-6-15(7-9-16)27-21(29)19-12-13-11-14(22(24,25)26)5-10-18(13)32-19/h1-12,28H,(H,27,29). The number of anilines is 2. The molecule has 0 aliphatic heterocycles. The third kappa shape index (κ3) is 5.13. The molecule has 0 aliphatic rings. The molecule has 0 radical (unpaired) electrons. The summed E-state index contributed by atoms with van der Waals surface area (Å²) in [6, 6.07) is 16.6. The van der Waals surface area contributed by atoms with Crippen LogP contribution in [-0.2, 0) is 16.2 Å². The molecule has 0 fully saturated rings. The Hall–Kier alpha value is -3.08. The maximum absolute atomic E-state index is 12.9. The fraction of sp³-hybridized carbons (Fsp3) is 0.0455. The number of alkyl halides is 3. The summed E-state index contributed by atoms with van der Waals surface area (Å²) in [6.45, 7) is 0. The maximum atomic E-state index is 12.9. The Balaban J connectivity index is 1.48. The molecule has 0 saturated heterocycles. The third-order valence-electron chi connectivity index (χ3n) is 4.59. The smallest absolute Gasteiger partial charge is 0.321 e. The summed E-state index contributed by atoms with van der Waals surface area (Å²) in [4.78, 5) is 12.7. The molecule has 0 aliphatic carbocycles. The van der Waals surface area contributed by atoms with E-state index < -0.39 is 27.7 Å². The van der Waals surface area contributed by atoms with Gasteiger partial charge in [0.2, 0.25) is 0 Å². The number of hydrogen-bond acceptors (Lipinski definition) is 4. The second kappa shape index (κ2) is 8.69. The fourth-order valence-electron chi connectivity index (χ4n) is 3.02. The first kappa shape index (κ1) is 23.1. The second-order valence-electron chi connectivity index (χ2n) is 6.93. The van der Waals surface area contributed by atoms with E-state index in [2.05, 4.69) is 10.0 Å². The van der Waals surface area contributed by atoms with Crippen LogP contribution in [0.15, 0.2) is 77.7 Å². The normalized spacial score (nSPS) is 12.0. The van der Waals surface area contributed by atoms with Gasteiger partial charge in [-0.2, -0.15) is 13.2 Å². The van der Waals surface area contributed by atoms with E-state index in [-0.39, 0.29) is 20.5 Å². The van der Waals surface area contributed by atoms with Gasteiger partial charge in [0.05, 0.1) is 15.5 Å². The molecule has 0 atom stereocenters. The molecule has 0 saturated carbocycles. The van der Waals surface area contributed by atoms with Gasteiger partial charge in [0.15, 0.2) is 0 Å². The van der Waals surface area contributed by atoms with Crippen molar-refractivity contribution in [3.8, 4) is 0 Å². The van der Waals surface area contributed by atoms with Crippen molar-refractivity contribution in [1.82, 2.24) is 0 Å². The van der Waals surface area contributed by atoms with Crippen LogP contribution in [0.25, 0.3) is 10.1 Å².